The number of aryl methyl sites for hydroxylation is 1. The first-order chi connectivity index (χ1) is 10.0. The highest BCUT2D eigenvalue weighted by Crippen LogP contribution is 2.24. The molecule has 0 radical (unpaired) electrons. The maximum atomic E-state index is 12.8. The summed E-state index contributed by atoms with van der Waals surface area (Å²) in [6.45, 7) is 2.97. The lowest BCUT2D eigenvalue weighted by Crippen LogP contribution is -2.30. The third-order valence-corrected chi connectivity index (χ3v) is 4.01. The lowest BCUT2D eigenvalue weighted by molar-refractivity contribution is -0.146. The van der Waals surface area contributed by atoms with Gasteiger partial charge in [0, 0.05) is 19.5 Å². The first-order valence-electron chi connectivity index (χ1n) is 7.11. The standard InChI is InChI=1S/C16H20FNO3/c1-11-9-18(10-14(11)16(20)21-2)15(19)8-5-12-3-6-13(17)7-4-12/h3-4,6-7,11,14H,5,8-10H2,1-2H3. The van der Waals surface area contributed by atoms with E-state index in [-0.39, 0.29) is 29.5 Å². The summed E-state index contributed by atoms with van der Waals surface area (Å²) in [5.74, 6) is -0.620. The lowest BCUT2D eigenvalue weighted by Gasteiger charge is -2.16. The van der Waals surface area contributed by atoms with Gasteiger partial charge in [0.1, 0.15) is 5.82 Å². The van der Waals surface area contributed by atoms with Crippen molar-refractivity contribution in [1.82, 2.24) is 4.90 Å². The van der Waals surface area contributed by atoms with Gasteiger partial charge < -0.3 is 9.64 Å². The fourth-order valence-corrected chi connectivity index (χ4v) is 2.69. The van der Waals surface area contributed by atoms with Gasteiger partial charge >= 0.3 is 5.97 Å². The van der Waals surface area contributed by atoms with Crippen LogP contribution in [0.3, 0.4) is 0 Å². The molecule has 114 valence electrons. The van der Waals surface area contributed by atoms with Crippen LogP contribution in [0.2, 0.25) is 0 Å². The minimum absolute atomic E-state index is 0.0255. The minimum Gasteiger partial charge on any atom is -0.469 e. The number of likely N-dealkylation sites (tertiary alicyclic amines) is 1. The van der Waals surface area contributed by atoms with Gasteiger partial charge in [-0.2, -0.15) is 0 Å². The van der Waals surface area contributed by atoms with Crippen molar-refractivity contribution in [3.05, 3.63) is 35.6 Å². The molecule has 0 saturated carbocycles. The molecule has 1 heterocycles. The van der Waals surface area contributed by atoms with Crippen molar-refractivity contribution in [2.75, 3.05) is 20.2 Å². The summed E-state index contributed by atoms with van der Waals surface area (Å²) in [6, 6.07) is 6.16. The van der Waals surface area contributed by atoms with E-state index >= 15 is 0 Å². The van der Waals surface area contributed by atoms with Gasteiger partial charge in [0.05, 0.1) is 13.0 Å². The molecule has 21 heavy (non-hydrogen) atoms. The summed E-state index contributed by atoms with van der Waals surface area (Å²) in [5.41, 5.74) is 0.932. The van der Waals surface area contributed by atoms with Crippen molar-refractivity contribution in [2.24, 2.45) is 11.8 Å². The van der Waals surface area contributed by atoms with Gasteiger partial charge in [-0.15, -0.1) is 0 Å². The van der Waals surface area contributed by atoms with Gasteiger partial charge in [0.2, 0.25) is 5.91 Å². The average molecular weight is 293 g/mol. The molecule has 2 atom stereocenters. The number of ether oxygens (including phenoxy) is 1. The molecule has 0 bridgehead atoms. The van der Waals surface area contributed by atoms with Gasteiger partial charge in [-0.25, -0.2) is 4.39 Å². The number of amides is 1. The highest BCUT2D eigenvalue weighted by molar-refractivity contribution is 5.79. The van der Waals surface area contributed by atoms with Crippen molar-refractivity contribution in [3.63, 3.8) is 0 Å². The zero-order valence-electron chi connectivity index (χ0n) is 12.3. The van der Waals surface area contributed by atoms with Crippen molar-refractivity contribution in [1.29, 1.82) is 0 Å². The molecule has 0 aromatic heterocycles. The molecule has 1 aliphatic heterocycles. The molecule has 1 amide bonds. The Bertz CT molecular complexity index is 515. The monoisotopic (exact) mass is 293 g/mol. The van der Waals surface area contributed by atoms with E-state index in [2.05, 4.69) is 0 Å². The third-order valence-electron chi connectivity index (χ3n) is 4.01. The molecule has 1 fully saturated rings. The van der Waals surface area contributed by atoms with E-state index < -0.39 is 0 Å². The molecule has 1 aliphatic rings. The molecule has 0 aliphatic carbocycles. The minimum atomic E-state index is -0.278. The van der Waals surface area contributed by atoms with Crippen LogP contribution in [0.25, 0.3) is 0 Å². The van der Waals surface area contributed by atoms with Crippen molar-refractivity contribution in [3.8, 4) is 0 Å². The number of benzene rings is 1. The molecule has 2 rings (SSSR count). The van der Waals surface area contributed by atoms with Crippen LogP contribution in [-0.4, -0.2) is 37.0 Å². The quantitative estimate of drug-likeness (QED) is 0.798. The summed E-state index contributed by atoms with van der Waals surface area (Å²) in [4.78, 5) is 25.5. The van der Waals surface area contributed by atoms with Crippen LogP contribution in [0.1, 0.15) is 18.9 Å². The second kappa shape index (κ2) is 6.70. The van der Waals surface area contributed by atoms with Gasteiger partial charge in [-0.3, -0.25) is 9.59 Å². The SMILES string of the molecule is COC(=O)C1CN(C(=O)CCc2ccc(F)cc2)CC1C. The molecule has 1 aromatic carbocycles. The molecular formula is C16H20FNO3. The molecule has 4 nitrogen and oxygen atoms in total. The molecule has 1 saturated heterocycles. The Kier molecular flexibility index (Phi) is 4.94. The number of carbonyl (C=O) groups excluding carboxylic acids is 2. The van der Waals surface area contributed by atoms with Crippen LogP contribution >= 0.6 is 0 Å². The highest BCUT2D eigenvalue weighted by atomic mass is 19.1. The lowest BCUT2D eigenvalue weighted by atomic mass is 9.99. The number of halogens is 1. The van der Waals surface area contributed by atoms with Crippen LogP contribution in [0.4, 0.5) is 4.39 Å². The Labute approximate surface area is 123 Å². The van der Waals surface area contributed by atoms with Crippen molar-refractivity contribution >= 4 is 11.9 Å². The molecule has 0 spiro atoms. The number of hydrogen-bond donors (Lipinski definition) is 0. The molecule has 5 heteroatoms. The first kappa shape index (κ1) is 15.5. The largest absolute Gasteiger partial charge is 0.469 e. The van der Waals surface area contributed by atoms with Crippen molar-refractivity contribution < 1.29 is 18.7 Å². The Hall–Kier alpha value is -1.91. The van der Waals surface area contributed by atoms with E-state index in [4.69, 9.17) is 4.74 Å². The molecule has 0 N–H and O–H groups in total. The maximum absolute atomic E-state index is 12.8. The van der Waals surface area contributed by atoms with Gasteiger partial charge in [-0.1, -0.05) is 19.1 Å². The number of carbonyl (C=O) groups is 2. The van der Waals surface area contributed by atoms with Crippen LogP contribution in [0, 0.1) is 17.7 Å². The van der Waals surface area contributed by atoms with Crippen LogP contribution in [0.15, 0.2) is 24.3 Å². The Morgan fingerprint density at radius 2 is 1.95 bits per heavy atom. The predicted octanol–water partition coefficient (Wildman–Crippen LogP) is 2.03. The number of hydrogen-bond acceptors (Lipinski definition) is 3. The number of methoxy groups -OCH3 is 1. The first-order valence-corrected chi connectivity index (χ1v) is 7.11. The summed E-state index contributed by atoms with van der Waals surface area (Å²) >= 11 is 0. The van der Waals surface area contributed by atoms with Gasteiger partial charge in [0.25, 0.3) is 0 Å². The van der Waals surface area contributed by atoms with E-state index in [1.54, 1.807) is 17.0 Å². The predicted molar refractivity (Wildman–Crippen MR) is 76.0 cm³/mol. The van der Waals surface area contributed by atoms with Crippen LogP contribution < -0.4 is 0 Å². The smallest absolute Gasteiger partial charge is 0.310 e. The van der Waals surface area contributed by atoms with Crippen molar-refractivity contribution in [2.45, 2.75) is 19.8 Å². The summed E-state index contributed by atoms with van der Waals surface area (Å²) in [6.07, 6.45) is 0.944. The topological polar surface area (TPSA) is 46.6 Å². The van der Waals surface area contributed by atoms with E-state index in [1.807, 2.05) is 6.92 Å². The van der Waals surface area contributed by atoms with E-state index in [9.17, 15) is 14.0 Å². The summed E-state index contributed by atoms with van der Waals surface area (Å²) in [5, 5.41) is 0. The Balaban J connectivity index is 1.87. The average Bonchev–Trinajstić information content (AvgIpc) is 2.87. The number of esters is 1. The van der Waals surface area contributed by atoms with E-state index in [0.29, 0.717) is 25.9 Å². The van der Waals surface area contributed by atoms with Gasteiger partial charge in [-0.05, 0) is 30.0 Å². The Morgan fingerprint density at radius 3 is 2.57 bits per heavy atom. The molecule has 1 aromatic rings. The third kappa shape index (κ3) is 3.80. The maximum Gasteiger partial charge on any atom is 0.310 e. The van der Waals surface area contributed by atoms with E-state index in [1.165, 1.54) is 19.2 Å². The fourth-order valence-electron chi connectivity index (χ4n) is 2.69. The number of nitrogens with zero attached hydrogens (tertiary/aromatic N) is 1. The zero-order valence-corrected chi connectivity index (χ0v) is 12.3. The zero-order chi connectivity index (χ0) is 15.4. The van der Waals surface area contributed by atoms with Crippen LogP contribution in [0.5, 0.6) is 0 Å². The molecule has 2 unspecified atom stereocenters. The second-order valence-corrected chi connectivity index (χ2v) is 5.53. The second-order valence-electron chi connectivity index (χ2n) is 5.53. The molecular weight excluding hydrogens is 273 g/mol. The number of rotatable bonds is 4. The Morgan fingerprint density at radius 1 is 1.29 bits per heavy atom. The van der Waals surface area contributed by atoms with E-state index in [0.717, 1.165) is 5.56 Å². The van der Waals surface area contributed by atoms with Crippen LogP contribution in [-0.2, 0) is 20.7 Å². The fraction of sp³-hybridized carbons (Fsp3) is 0.500. The summed E-state index contributed by atoms with van der Waals surface area (Å²) < 4.78 is 17.6. The highest BCUT2D eigenvalue weighted by Gasteiger charge is 2.37. The van der Waals surface area contributed by atoms with Gasteiger partial charge in [0.15, 0.2) is 0 Å². The summed E-state index contributed by atoms with van der Waals surface area (Å²) in [7, 11) is 1.37. The normalized spacial score (nSPS) is 21.4.